The molecule has 4 aromatic rings. The number of carbonyl (C=O) groups is 1. The van der Waals surface area contributed by atoms with Gasteiger partial charge in [-0.3, -0.25) is 9.36 Å². The highest BCUT2D eigenvalue weighted by atomic mass is 32.2. The van der Waals surface area contributed by atoms with Crippen molar-refractivity contribution in [3.8, 4) is 17.1 Å². The number of carbonyl (C=O) groups excluding carboxylic acids is 1. The van der Waals surface area contributed by atoms with Crippen molar-refractivity contribution in [2.45, 2.75) is 51.6 Å². The number of hydrogen-bond donors (Lipinski definition) is 1. The van der Waals surface area contributed by atoms with Gasteiger partial charge in [0.1, 0.15) is 0 Å². The summed E-state index contributed by atoms with van der Waals surface area (Å²) in [7, 11) is 0. The summed E-state index contributed by atoms with van der Waals surface area (Å²) in [6, 6.07) is 24.7. The first-order valence-corrected chi connectivity index (χ1v) is 13.4. The van der Waals surface area contributed by atoms with Gasteiger partial charge in [0.05, 0.1) is 12.0 Å². The number of nitrogens with zero attached hydrogens (tertiary/aromatic N) is 4. The molecular weight excluding hydrogens is 478 g/mol. The number of hydrogen-bond acceptors (Lipinski definition) is 5. The Hall–Kier alpha value is -3.71. The van der Waals surface area contributed by atoms with Gasteiger partial charge in [0.15, 0.2) is 11.0 Å². The van der Waals surface area contributed by atoms with Crippen LogP contribution in [0.5, 0.6) is 0 Å². The van der Waals surface area contributed by atoms with Gasteiger partial charge in [-0.2, -0.15) is 5.10 Å². The molecule has 0 saturated carbocycles. The van der Waals surface area contributed by atoms with Crippen molar-refractivity contribution in [2.24, 2.45) is 5.10 Å². The van der Waals surface area contributed by atoms with Crippen LogP contribution in [0.2, 0.25) is 0 Å². The molecule has 0 bridgehead atoms. The normalized spacial score (nSPS) is 11.7. The van der Waals surface area contributed by atoms with Crippen LogP contribution < -0.4 is 5.43 Å². The molecule has 0 aliphatic heterocycles. The van der Waals surface area contributed by atoms with Crippen LogP contribution in [0, 0.1) is 6.92 Å². The molecule has 4 rings (SSSR count). The number of aromatic nitrogens is 3. The summed E-state index contributed by atoms with van der Waals surface area (Å²) in [6.45, 7) is 10.8. The first kappa shape index (κ1) is 26.4. The number of aryl methyl sites for hydroxylation is 2. The van der Waals surface area contributed by atoms with Gasteiger partial charge >= 0.3 is 0 Å². The van der Waals surface area contributed by atoms with Crippen molar-refractivity contribution >= 4 is 23.9 Å². The smallest absolute Gasteiger partial charge is 0.250 e. The molecule has 1 aromatic heterocycles. The van der Waals surface area contributed by atoms with Crippen LogP contribution in [0.25, 0.3) is 17.1 Å². The predicted molar refractivity (Wildman–Crippen MR) is 153 cm³/mol. The quantitative estimate of drug-likeness (QED) is 0.170. The van der Waals surface area contributed by atoms with E-state index in [-0.39, 0.29) is 17.1 Å². The fourth-order valence-corrected chi connectivity index (χ4v) is 4.52. The van der Waals surface area contributed by atoms with Gasteiger partial charge in [0.2, 0.25) is 0 Å². The van der Waals surface area contributed by atoms with E-state index in [2.05, 4.69) is 104 Å². The fourth-order valence-electron chi connectivity index (χ4n) is 3.78. The molecule has 190 valence electrons. The molecule has 0 radical (unpaired) electrons. The van der Waals surface area contributed by atoms with Gasteiger partial charge in [0, 0.05) is 11.3 Å². The van der Waals surface area contributed by atoms with Gasteiger partial charge < -0.3 is 0 Å². The van der Waals surface area contributed by atoms with E-state index in [0.717, 1.165) is 29.1 Å². The molecule has 6 nitrogen and oxygen atoms in total. The lowest BCUT2D eigenvalue weighted by Crippen LogP contribution is -2.20. The lowest BCUT2D eigenvalue weighted by molar-refractivity contribution is -0.118. The Balaban J connectivity index is 1.51. The number of amides is 1. The number of thioether (sulfide) groups is 1. The summed E-state index contributed by atoms with van der Waals surface area (Å²) in [5.41, 5.74) is 9.22. The molecule has 0 aliphatic rings. The Morgan fingerprint density at radius 3 is 2.27 bits per heavy atom. The summed E-state index contributed by atoms with van der Waals surface area (Å²) < 4.78 is 2.00. The van der Waals surface area contributed by atoms with Crippen LogP contribution in [0.15, 0.2) is 83.1 Å². The number of benzene rings is 3. The second-order valence-corrected chi connectivity index (χ2v) is 10.9. The van der Waals surface area contributed by atoms with Crippen molar-refractivity contribution < 1.29 is 4.79 Å². The lowest BCUT2D eigenvalue weighted by atomic mass is 9.87. The molecule has 0 atom stereocenters. The van der Waals surface area contributed by atoms with E-state index in [1.807, 2.05) is 28.8 Å². The average molecular weight is 512 g/mol. The van der Waals surface area contributed by atoms with Crippen LogP contribution >= 0.6 is 11.8 Å². The van der Waals surface area contributed by atoms with Crippen LogP contribution in [0.3, 0.4) is 0 Å². The third kappa shape index (κ3) is 6.74. The molecule has 1 N–H and O–H groups in total. The van der Waals surface area contributed by atoms with Gasteiger partial charge in [-0.25, -0.2) is 5.43 Å². The number of hydrazone groups is 1. The van der Waals surface area contributed by atoms with E-state index >= 15 is 0 Å². The van der Waals surface area contributed by atoms with Crippen LogP contribution in [0.4, 0.5) is 0 Å². The zero-order valence-electron chi connectivity index (χ0n) is 22.0. The minimum Gasteiger partial charge on any atom is -0.272 e. The molecule has 37 heavy (non-hydrogen) atoms. The lowest BCUT2D eigenvalue weighted by Gasteiger charge is -2.19. The van der Waals surface area contributed by atoms with Crippen molar-refractivity contribution in [2.75, 3.05) is 5.75 Å². The van der Waals surface area contributed by atoms with E-state index in [1.165, 1.54) is 28.5 Å². The summed E-state index contributed by atoms with van der Waals surface area (Å²) in [6.07, 6.45) is 2.64. The van der Waals surface area contributed by atoms with Gasteiger partial charge in [-0.1, -0.05) is 106 Å². The Morgan fingerprint density at radius 1 is 0.973 bits per heavy atom. The summed E-state index contributed by atoms with van der Waals surface area (Å²) in [4.78, 5) is 12.5. The molecule has 7 heteroatoms. The van der Waals surface area contributed by atoms with Crippen molar-refractivity contribution in [1.82, 2.24) is 20.2 Å². The minimum atomic E-state index is -0.207. The molecule has 0 saturated heterocycles. The minimum absolute atomic E-state index is 0.0684. The van der Waals surface area contributed by atoms with Crippen molar-refractivity contribution in [1.29, 1.82) is 0 Å². The topological polar surface area (TPSA) is 72.2 Å². The molecule has 1 heterocycles. The first-order valence-electron chi connectivity index (χ1n) is 12.4. The molecule has 1 amide bonds. The Bertz CT molecular complexity index is 1370. The largest absolute Gasteiger partial charge is 0.272 e. The van der Waals surface area contributed by atoms with Gasteiger partial charge in [-0.05, 0) is 47.6 Å². The van der Waals surface area contributed by atoms with Crippen molar-refractivity contribution in [3.63, 3.8) is 0 Å². The standard InChI is InChI=1S/C30H33N5OS/c1-6-22-9-11-23(12-10-22)19-31-32-27(36)20-37-29-34-33-28(35(29)26-17-7-21(2)8-18-26)24-13-15-25(16-14-24)30(3,4)5/h7-19H,6,20H2,1-5H3,(H,32,36). The third-order valence-electron chi connectivity index (χ3n) is 6.06. The Kier molecular flexibility index (Phi) is 8.24. The van der Waals surface area contributed by atoms with Crippen LogP contribution in [-0.4, -0.2) is 32.6 Å². The summed E-state index contributed by atoms with van der Waals surface area (Å²) >= 11 is 1.33. The zero-order chi connectivity index (χ0) is 26.4. The van der Waals surface area contributed by atoms with E-state index in [4.69, 9.17) is 0 Å². The fraction of sp³-hybridized carbons (Fsp3) is 0.267. The second kappa shape index (κ2) is 11.6. The Morgan fingerprint density at radius 2 is 1.65 bits per heavy atom. The van der Waals surface area contributed by atoms with Crippen LogP contribution in [0.1, 0.15) is 49.9 Å². The van der Waals surface area contributed by atoms with E-state index in [1.54, 1.807) is 6.21 Å². The maximum atomic E-state index is 12.5. The molecule has 3 aromatic carbocycles. The highest BCUT2D eigenvalue weighted by molar-refractivity contribution is 7.99. The van der Waals surface area contributed by atoms with E-state index in [0.29, 0.717) is 5.16 Å². The van der Waals surface area contributed by atoms with Gasteiger partial charge in [0.25, 0.3) is 5.91 Å². The third-order valence-corrected chi connectivity index (χ3v) is 6.99. The highest BCUT2D eigenvalue weighted by Gasteiger charge is 2.19. The number of nitrogens with one attached hydrogen (secondary N) is 1. The zero-order valence-corrected chi connectivity index (χ0v) is 22.8. The number of rotatable bonds is 8. The van der Waals surface area contributed by atoms with Gasteiger partial charge in [-0.15, -0.1) is 10.2 Å². The van der Waals surface area contributed by atoms with Crippen molar-refractivity contribution in [3.05, 3.63) is 95.1 Å². The SMILES string of the molecule is CCc1ccc(C=NNC(=O)CSc2nnc(-c3ccc(C(C)(C)C)cc3)n2-c2ccc(C)cc2)cc1. The molecular formula is C30H33N5OS. The molecule has 0 spiro atoms. The maximum Gasteiger partial charge on any atom is 0.250 e. The second-order valence-electron chi connectivity index (χ2n) is 9.98. The first-order chi connectivity index (χ1) is 17.7. The molecule has 0 aliphatic carbocycles. The summed E-state index contributed by atoms with van der Waals surface area (Å²) in [5.74, 6) is 0.695. The van der Waals surface area contributed by atoms with E-state index < -0.39 is 0 Å². The van der Waals surface area contributed by atoms with Crippen LogP contribution in [-0.2, 0) is 16.6 Å². The van der Waals surface area contributed by atoms with E-state index in [9.17, 15) is 4.79 Å². The maximum absolute atomic E-state index is 12.5. The monoisotopic (exact) mass is 511 g/mol. The predicted octanol–water partition coefficient (Wildman–Crippen LogP) is 6.35. The summed E-state index contributed by atoms with van der Waals surface area (Å²) in [5, 5.41) is 13.7. The average Bonchev–Trinajstić information content (AvgIpc) is 3.32. The Labute approximate surface area is 223 Å². The molecule has 0 unspecified atom stereocenters. The highest BCUT2D eigenvalue weighted by Crippen LogP contribution is 2.30. The molecule has 0 fully saturated rings.